The molecule has 0 spiro atoms. The summed E-state index contributed by atoms with van der Waals surface area (Å²) < 4.78 is 28.8. The number of fused-ring (bicyclic) bond motifs is 1. The molecule has 0 N–H and O–H groups in total. The van der Waals surface area contributed by atoms with Crippen LogP contribution in [0.25, 0.3) is 10.9 Å². The first-order valence-corrected chi connectivity index (χ1v) is 11.7. The van der Waals surface area contributed by atoms with Gasteiger partial charge in [0, 0.05) is 49.7 Å². The van der Waals surface area contributed by atoms with Crippen LogP contribution in [0.3, 0.4) is 0 Å². The van der Waals surface area contributed by atoms with Crippen molar-refractivity contribution in [2.45, 2.75) is 4.90 Å². The number of piperazine rings is 1. The Morgan fingerprint density at radius 2 is 1.65 bits per heavy atom. The highest BCUT2D eigenvalue weighted by molar-refractivity contribution is 7.89. The minimum atomic E-state index is -3.85. The van der Waals surface area contributed by atoms with Gasteiger partial charge in [-0.2, -0.15) is 4.31 Å². The molecular weight excluding hydrogens is 461 g/mol. The van der Waals surface area contributed by atoms with Gasteiger partial charge in [-0.05, 0) is 24.3 Å². The van der Waals surface area contributed by atoms with Crippen molar-refractivity contribution in [1.29, 1.82) is 0 Å². The maximum atomic E-state index is 13.2. The molecule has 0 unspecified atom stereocenters. The van der Waals surface area contributed by atoms with Crippen molar-refractivity contribution in [2.24, 2.45) is 7.05 Å². The van der Waals surface area contributed by atoms with Crippen LogP contribution >= 0.6 is 23.2 Å². The lowest BCUT2D eigenvalue weighted by atomic mass is 10.1. The smallest absolute Gasteiger partial charge is 0.254 e. The number of nitrogens with zero attached hydrogens (tertiary/aromatic N) is 3. The third-order valence-electron chi connectivity index (χ3n) is 5.42. The number of sulfonamides is 1. The van der Waals surface area contributed by atoms with Crippen molar-refractivity contribution < 1.29 is 13.2 Å². The molecule has 4 rings (SSSR count). The Morgan fingerprint density at radius 3 is 2.35 bits per heavy atom. The number of benzene rings is 2. The molecular formula is C21H19Cl2N3O4S. The highest BCUT2D eigenvalue weighted by atomic mass is 35.5. The zero-order valence-corrected chi connectivity index (χ0v) is 18.9. The Morgan fingerprint density at radius 1 is 0.968 bits per heavy atom. The van der Waals surface area contributed by atoms with Gasteiger partial charge in [0.2, 0.25) is 10.0 Å². The van der Waals surface area contributed by atoms with Crippen LogP contribution in [0.2, 0.25) is 10.0 Å². The van der Waals surface area contributed by atoms with Crippen LogP contribution in [-0.2, 0) is 17.1 Å². The van der Waals surface area contributed by atoms with Gasteiger partial charge in [0.15, 0.2) is 0 Å². The lowest BCUT2D eigenvalue weighted by Gasteiger charge is -2.34. The van der Waals surface area contributed by atoms with Crippen LogP contribution < -0.4 is 5.56 Å². The molecule has 7 nitrogen and oxygen atoms in total. The van der Waals surface area contributed by atoms with Crippen molar-refractivity contribution in [3.8, 4) is 0 Å². The second-order valence-corrected chi connectivity index (χ2v) is 9.99. The van der Waals surface area contributed by atoms with Crippen molar-refractivity contribution in [3.05, 3.63) is 74.5 Å². The van der Waals surface area contributed by atoms with Gasteiger partial charge in [-0.25, -0.2) is 8.42 Å². The fourth-order valence-electron chi connectivity index (χ4n) is 3.70. The highest BCUT2D eigenvalue weighted by Gasteiger charge is 2.32. The summed E-state index contributed by atoms with van der Waals surface area (Å²) in [5, 5.41) is 1.04. The molecule has 0 atom stereocenters. The molecule has 3 aromatic rings. The predicted molar refractivity (Wildman–Crippen MR) is 120 cm³/mol. The van der Waals surface area contributed by atoms with E-state index in [9.17, 15) is 18.0 Å². The number of rotatable bonds is 3. The summed E-state index contributed by atoms with van der Waals surface area (Å²) in [6, 6.07) is 12.8. The number of hydrogen-bond acceptors (Lipinski definition) is 4. The normalized spacial score (nSPS) is 15.4. The summed E-state index contributed by atoms with van der Waals surface area (Å²) in [5.74, 6) is -0.299. The Kier molecular flexibility index (Phi) is 5.83. The number of para-hydroxylation sites is 1. The quantitative estimate of drug-likeness (QED) is 0.578. The molecule has 31 heavy (non-hydrogen) atoms. The topological polar surface area (TPSA) is 79.7 Å². The fourth-order valence-corrected chi connectivity index (χ4v) is 5.86. The number of carbonyl (C=O) groups is 1. The number of pyridine rings is 1. The summed E-state index contributed by atoms with van der Waals surface area (Å²) in [6.45, 7) is 0.610. The Balaban J connectivity index is 1.58. The number of aryl methyl sites for hydroxylation is 1. The van der Waals surface area contributed by atoms with Crippen LogP contribution in [0.15, 0.2) is 58.2 Å². The van der Waals surface area contributed by atoms with E-state index in [4.69, 9.17) is 23.2 Å². The summed E-state index contributed by atoms with van der Waals surface area (Å²) in [6.07, 6.45) is 0. The zero-order valence-electron chi connectivity index (χ0n) is 16.6. The molecule has 0 bridgehead atoms. The molecule has 2 heterocycles. The third-order valence-corrected chi connectivity index (χ3v) is 8.04. The van der Waals surface area contributed by atoms with Crippen molar-refractivity contribution in [1.82, 2.24) is 13.8 Å². The van der Waals surface area contributed by atoms with Gasteiger partial charge in [0.25, 0.3) is 11.5 Å². The number of amides is 1. The van der Waals surface area contributed by atoms with E-state index in [0.717, 1.165) is 0 Å². The first-order valence-electron chi connectivity index (χ1n) is 9.53. The molecule has 162 valence electrons. The van der Waals surface area contributed by atoms with E-state index >= 15 is 0 Å². The molecule has 1 aliphatic rings. The molecule has 1 amide bonds. The monoisotopic (exact) mass is 479 g/mol. The van der Waals surface area contributed by atoms with E-state index in [1.807, 2.05) is 6.07 Å². The highest BCUT2D eigenvalue weighted by Crippen LogP contribution is 2.28. The van der Waals surface area contributed by atoms with Gasteiger partial charge in [-0.1, -0.05) is 41.4 Å². The minimum Gasteiger partial charge on any atom is -0.336 e. The van der Waals surface area contributed by atoms with E-state index in [-0.39, 0.29) is 52.6 Å². The second-order valence-electron chi connectivity index (χ2n) is 7.24. The van der Waals surface area contributed by atoms with Crippen molar-refractivity contribution in [2.75, 3.05) is 26.2 Å². The molecule has 1 aliphatic heterocycles. The standard InChI is InChI=1S/C21H19Cl2N3O4S/c1-24-18-5-3-2-4-15(18)16(13-20(24)27)21(28)25-8-10-26(11-9-25)31(29,30)19-12-14(22)6-7-17(19)23/h2-7,12-13H,8-11H2,1H3. The molecule has 0 aliphatic carbocycles. The zero-order chi connectivity index (χ0) is 22.3. The van der Waals surface area contributed by atoms with E-state index in [1.54, 1.807) is 30.1 Å². The largest absolute Gasteiger partial charge is 0.336 e. The summed E-state index contributed by atoms with van der Waals surface area (Å²) in [5.41, 5.74) is 0.696. The van der Waals surface area contributed by atoms with E-state index in [0.29, 0.717) is 16.5 Å². The molecule has 0 saturated carbocycles. The molecule has 10 heteroatoms. The van der Waals surface area contributed by atoms with Crippen molar-refractivity contribution in [3.63, 3.8) is 0 Å². The van der Waals surface area contributed by atoms with Gasteiger partial charge < -0.3 is 9.47 Å². The molecule has 2 aromatic carbocycles. The SMILES string of the molecule is Cn1c(=O)cc(C(=O)N2CCN(S(=O)(=O)c3cc(Cl)ccc3Cl)CC2)c2ccccc21. The van der Waals surface area contributed by atoms with E-state index in [1.165, 1.54) is 33.1 Å². The lowest BCUT2D eigenvalue weighted by molar-refractivity contribution is 0.0699. The number of hydrogen-bond donors (Lipinski definition) is 0. The van der Waals surface area contributed by atoms with Crippen LogP contribution in [-0.4, -0.2) is 54.3 Å². The fraction of sp³-hybridized carbons (Fsp3) is 0.238. The third kappa shape index (κ3) is 3.96. The molecule has 0 radical (unpaired) electrons. The molecule has 1 fully saturated rings. The molecule has 1 saturated heterocycles. The number of carbonyl (C=O) groups excluding carboxylic acids is 1. The van der Waals surface area contributed by atoms with Gasteiger partial charge in [-0.15, -0.1) is 0 Å². The number of halogens is 2. The lowest BCUT2D eigenvalue weighted by Crippen LogP contribution is -2.50. The summed E-state index contributed by atoms with van der Waals surface area (Å²) >= 11 is 12.0. The van der Waals surface area contributed by atoms with Crippen LogP contribution in [0, 0.1) is 0 Å². The van der Waals surface area contributed by atoms with Gasteiger partial charge in [0.1, 0.15) is 4.90 Å². The summed E-state index contributed by atoms with van der Waals surface area (Å²) in [4.78, 5) is 27.0. The average molecular weight is 480 g/mol. The van der Waals surface area contributed by atoms with Crippen LogP contribution in [0.5, 0.6) is 0 Å². The van der Waals surface area contributed by atoms with Crippen LogP contribution in [0.1, 0.15) is 10.4 Å². The Bertz CT molecular complexity index is 1350. The Hall–Kier alpha value is -2.39. The predicted octanol–water partition coefficient (Wildman–Crippen LogP) is 2.99. The summed E-state index contributed by atoms with van der Waals surface area (Å²) in [7, 11) is -2.19. The van der Waals surface area contributed by atoms with E-state index < -0.39 is 10.0 Å². The van der Waals surface area contributed by atoms with Crippen LogP contribution in [0.4, 0.5) is 0 Å². The number of aromatic nitrogens is 1. The van der Waals surface area contributed by atoms with Gasteiger partial charge >= 0.3 is 0 Å². The average Bonchev–Trinajstić information content (AvgIpc) is 2.77. The van der Waals surface area contributed by atoms with Gasteiger partial charge in [0.05, 0.1) is 16.1 Å². The van der Waals surface area contributed by atoms with E-state index in [2.05, 4.69) is 0 Å². The molecule has 1 aromatic heterocycles. The van der Waals surface area contributed by atoms with Crippen molar-refractivity contribution >= 4 is 50.0 Å². The first-order chi connectivity index (χ1) is 14.7. The second kappa shape index (κ2) is 8.27. The minimum absolute atomic E-state index is 0.0565. The first kappa shape index (κ1) is 21.8. The van der Waals surface area contributed by atoms with Gasteiger partial charge in [-0.3, -0.25) is 9.59 Å². The Labute approximate surface area is 189 Å². The maximum absolute atomic E-state index is 13.2. The maximum Gasteiger partial charge on any atom is 0.254 e.